The molecule has 78 valence electrons. The maximum Gasteiger partial charge on any atom is 0.0851 e. The standard InChI is InChI=1S/C9H19NO3/c1-8-6-9(7-10,2-4-12-8)13-5-3-11/h8,11H,2-7,10H2,1H3. The zero-order chi connectivity index (χ0) is 9.73. The van der Waals surface area contributed by atoms with E-state index in [1.54, 1.807) is 0 Å². The predicted octanol–water partition coefficient (Wildman–Crippen LogP) is -0.108. The normalized spacial score (nSPS) is 34.8. The third-order valence-electron chi connectivity index (χ3n) is 2.49. The van der Waals surface area contributed by atoms with Gasteiger partial charge in [-0.2, -0.15) is 0 Å². The van der Waals surface area contributed by atoms with Gasteiger partial charge >= 0.3 is 0 Å². The van der Waals surface area contributed by atoms with E-state index in [2.05, 4.69) is 0 Å². The Labute approximate surface area is 79.0 Å². The fourth-order valence-electron chi connectivity index (χ4n) is 1.77. The van der Waals surface area contributed by atoms with Gasteiger partial charge in [-0.05, 0) is 6.92 Å². The summed E-state index contributed by atoms with van der Waals surface area (Å²) in [6.45, 7) is 3.64. The smallest absolute Gasteiger partial charge is 0.0851 e. The second-order valence-electron chi connectivity index (χ2n) is 3.59. The minimum absolute atomic E-state index is 0.0526. The van der Waals surface area contributed by atoms with E-state index in [9.17, 15) is 0 Å². The largest absolute Gasteiger partial charge is 0.394 e. The molecule has 1 heterocycles. The van der Waals surface area contributed by atoms with Crippen LogP contribution in [0.3, 0.4) is 0 Å². The number of aliphatic hydroxyl groups is 1. The van der Waals surface area contributed by atoms with Crippen molar-refractivity contribution in [3.05, 3.63) is 0 Å². The molecule has 0 saturated carbocycles. The van der Waals surface area contributed by atoms with E-state index >= 15 is 0 Å². The van der Waals surface area contributed by atoms with Crippen molar-refractivity contribution in [2.24, 2.45) is 5.73 Å². The van der Waals surface area contributed by atoms with Crippen LogP contribution in [0.1, 0.15) is 19.8 Å². The minimum Gasteiger partial charge on any atom is -0.394 e. The van der Waals surface area contributed by atoms with Crippen molar-refractivity contribution in [1.29, 1.82) is 0 Å². The summed E-state index contributed by atoms with van der Waals surface area (Å²) in [5, 5.41) is 8.68. The summed E-state index contributed by atoms with van der Waals surface area (Å²) in [7, 11) is 0. The molecule has 1 fully saturated rings. The number of hydrogen-bond acceptors (Lipinski definition) is 4. The van der Waals surface area contributed by atoms with Gasteiger partial charge in [0.25, 0.3) is 0 Å². The van der Waals surface area contributed by atoms with Crippen molar-refractivity contribution >= 4 is 0 Å². The third-order valence-corrected chi connectivity index (χ3v) is 2.49. The van der Waals surface area contributed by atoms with Gasteiger partial charge in [0.15, 0.2) is 0 Å². The van der Waals surface area contributed by atoms with Crippen molar-refractivity contribution in [1.82, 2.24) is 0 Å². The Morgan fingerprint density at radius 1 is 1.69 bits per heavy atom. The lowest BCUT2D eigenvalue weighted by molar-refractivity contribution is -0.133. The monoisotopic (exact) mass is 189 g/mol. The summed E-state index contributed by atoms with van der Waals surface area (Å²) >= 11 is 0. The van der Waals surface area contributed by atoms with Crippen molar-refractivity contribution < 1.29 is 14.6 Å². The first-order valence-corrected chi connectivity index (χ1v) is 4.79. The maximum atomic E-state index is 8.68. The molecular formula is C9H19NO3. The molecule has 0 aromatic heterocycles. The van der Waals surface area contributed by atoms with E-state index in [1.165, 1.54) is 0 Å². The highest BCUT2D eigenvalue weighted by molar-refractivity contribution is 4.87. The molecule has 2 atom stereocenters. The zero-order valence-corrected chi connectivity index (χ0v) is 8.16. The van der Waals surface area contributed by atoms with Gasteiger partial charge in [-0.25, -0.2) is 0 Å². The van der Waals surface area contributed by atoms with Crippen LogP contribution in [0.5, 0.6) is 0 Å². The summed E-state index contributed by atoms with van der Waals surface area (Å²) in [6.07, 6.45) is 1.85. The first-order chi connectivity index (χ1) is 6.22. The summed E-state index contributed by atoms with van der Waals surface area (Å²) in [5.74, 6) is 0. The Morgan fingerprint density at radius 2 is 2.46 bits per heavy atom. The second kappa shape index (κ2) is 4.91. The van der Waals surface area contributed by atoms with Crippen LogP contribution in [-0.2, 0) is 9.47 Å². The molecule has 0 bridgehead atoms. The summed E-state index contributed by atoms with van der Waals surface area (Å²) < 4.78 is 11.0. The average molecular weight is 189 g/mol. The Morgan fingerprint density at radius 3 is 3.00 bits per heavy atom. The molecule has 1 aliphatic rings. The molecule has 4 heteroatoms. The van der Waals surface area contributed by atoms with Gasteiger partial charge in [-0.15, -0.1) is 0 Å². The van der Waals surface area contributed by atoms with Crippen molar-refractivity contribution in [3.63, 3.8) is 0 Å². The highest BCUT2D eigenvalue weighted by Gasteiger charge is 2.35. The molecule has 3 N–H and O–H groups in total. The van der Waals surface area contributed by atoms with Crippen LogP contribution < -0.4 is 5.73 Å². The minimum atomic E-state index is -0.263. The fraction of sp³-hybridized carbons (Fsp3) is 1.00. The zero-order valence-electron chi connectivity index (χ0n) is 8.16. The van der Waals surface area contributed by atoms with Gasteiger partial charge in [-0.1, -0.05) is 0 Å². The Kier molecular flexibility index (Phi) is 4.12. The van der Waals surface area contributed by atoms with Crippen LogP contribution >= 0.6 is 0 Å². The molecule has 1 saturated heterocycles. The van der Waals surface area contributed by atoms with Gasteiger partial charge in [-0.3, -0.25) is 0 Å². The number of ether oxygens (including phenoxy) is 2. The van der Waals surface area contributed by atoms with E-state index < -0.39 is 0 Å². The molecule has 0 aliphatic carbocycles. The molecule has 1 rings (SSSR count). The van der Waals surface area contributed by atoms with Crippen molar-refractivity contribution in [2.45, 2.75) is 31.5 Å². The van der Waals surface area contributed by atoms with E-state index in [4.69, 9.17) is 20.3 Å². The molecule has 0 amide bonds. The van der Waals surface area contributed by atoms with Crippen molar-refractivity contribution in [3.8, 4) is 0 Å². The van der Waals surface area contributed by atoms with Crippen molar-refractivity contribution in [2.75, 3.05) is 26.4 Å². The first-order valence-electron chi connectivity index (χ1n) is 4.79. The Balaban J connectivity index is 2.46. The van der Waals surface area contributed by atoms with E-state index in [0.29, 0.717) is 19.8 Å². The van der Waals surface area contributed by atoms with E-state index in [-0.39, 0.29) is 18.3 Å². The fourth-order valence-corrected chi connectivity index (χ4v) is 1.77. The van der Waals surface area contributed by atoms with Gasteiger partial charge < -0.3 is 20.3 Å². The number of rotatable bonds is 4. The molecule has 13 heavy (non-hydrogen) atoms. The number of nitrogens with two attached hydrogens (primary N) is 1. The lowest BCUT2D eigenvalue weighted by atomic mass is 9.91. The SMILES string of the molecule is CC1CC(CN)(OCCO)CCO1. The van der Waals surface area contributed by atoms with Crippen LogP contribution in [0.2, 0.25) is 0 Å². The third kappa shape index (κ3) is 2.91. The number of aliphatic hydroxyl groups excluding tert-OH is 1. The quantitative estimate of drug-likeness (QED) is 0.647. The Bertz CT molecular complexity index is 154. The predicted molar refractivity (Wildman–Crippen MR) is 49.5 cm³/mol. The van der Waals surface area contributed by atoms with Crippen LogP contribution in [0.15, 0.2) is 0 Å². The van der Waals surface area contributed by atoms with Crippen LogP contribution in [0, 0.1) is 0 Å². The summed E-state index contributed by atoms with van der Waals surface area (Å²) in [6, 6.07) is 0. The highest BCUT2D eigenvalue weighted by Crippen LogP contribution is 2.27. The Hall–Kier alpha value is -0.160. The van der Waals surface area contributed by atoms with Gasteiger partial charge in [0, 0.05) is 26.0 Å². The molecule has 4 nitrogen and oxygen atoms in total. The molecule has 1 aliphatic heterocycles. The van der Waals surface area contributed by atoms with Gasteiger partial charge in [0.2, 0.25) is 0 Å². The van der Waals surface area contributed by atoms with Crippen LogP contribution in [0.4, 0.5) is 0 Å². The lowest BCUT2D eigenvalue weighted by Gasteiger charge is -2.38. The van der Waals surface area contributed by atoms with Gasteiger partial charge in [0.05, 0.1) is 24.9 Å². The number of hydrogen-bond donors (Lipinski definition) is 2. The first kappa shape index (κ1) is 10.9. The van der Waals surface area contributed by atoms with E-state index in [1.807, 2.05) is 6.92 Å². The van der Waals surface area contributed by atoms with Crippen LogP contribution in [-0.4, -0.2) is 43.2 Å². The average Bonchev–Trinajstić information content (AvgIpc) is 2.15. The molecule has 0 aromatic carbocycles. The highest BCUT2D eigenvalue weighted by atomic mass is 16.5. The molecular weight excluding hydrogens is 170 g/mol. The lowest BCUT2D eigenvalue weighted by Crippen LogP contribution is -2.48. The second-order valence-corrected chi connectivity index (χ2v) is 3.59. The van der Waals surface area contributed by atoms with E-state index in [0.717, 1.165) is 12.8 Å². The summed E-state index contributed by atoms with van der Waals surface area (Å²) in [5.41, 5.74) is 5.42. The molecule has 0 radical (unpaired) electrons. The molecule has 2 unspecified atom stereocenters. The maximum absolute atomic E-state index is 8.68. The summed E-state index contributed by atoms with van der Waals surface area (Å²) in [4.78, 5) is 0. The topological polar surface area (TPSA) is 64.7 Å². The van der Waals surface area contributed by atoms with Gasteiger partial charge in [0.1, 0.15) is 0 Å². The molecule has 0 aromatic rings. The van der Waals surface area contributed by atoms with Crippen LogP contribution in [0.25, 0.3) is 0 Å². The molecule has 0 spiro atoms.